The quantitative estimate of drug-likeness (QED) is 0.685. The molecule has 0 N–H and O–H groups in total. The normalized spacial score (nSPS) is 27.7. The molecule has 4 heteroatoms. The number of likely N-dealkylation sites (N-methyl/N-ethyl adjacent to an activating group) is 1. The van der Waals surface area contributed by atoms with E-state index in [0.29, 0.717) is 6.17 Å². The SMILES string of the molecule is COC1=CC(N2CCCCC2)N(C)C=N1. The summed E-state index contributed by atoms with van der Waals surface area (Å²) in [6.45, 7) is 2.35. The van der Waals surface area contributed by atoms with Gasteiger partial charge in [0.1, 0.15) is 6.17 Å². The Hall–Kier alpha value is -1.03. The van der Waals surface area contributed by atoms with E-state index in [2.05, 4.69) is 27.9 Å². The largest absolute Gasteiger partial charge is 0.481 e. The highest BCUT2D eigenvalue weighted by atomic mass is 16.5. The van der Waals surface area contributed by atoms with E-state index in [1.165, 1.54) is 32.4 Å². The Bertz CT molecular complexity index is 269. The Morgan fingerprint density at radius 3 is 2.73 bits per heavy atom. The summed E-state index contributed by atoms with van der Waals surface area (Å²) in [6.07, 6.45) is 8.22. The average molecular weight is 209 g/mol. The van der Waals surface area contributed by atoms with Gasteiger partial charge >= 0.3 is 0 Å². The van der Waals surface area contributed by atoms with Crippen LogP contribution in [0.4, 0.5) is 0 Å². The highest BCUT2D eigenvalue weighted by Gasteiger charge is 2.24. The van der Waals surface area contributed by atoms with Crippen molar-refractivity contribution in [2.75, 3.05) is 27.2 Å². The van der Waals surface area contributed by atoms with Gasteiger partial charge in [-0.2, -0.15) is 0 Å². The molecule has 0 radical (unpaired) electrons. The van der Waals surface area contributed by atoms with Crippen molar-refractivity contribution in [3.05, 3.63) is 12.0 Å². The predicted octanol–water partition coefficient (Wildman–Crippen LogP) is 1.26. The second-order valence-electron chi connectivity index (χ2n) is 4.13. The molecule has 1 fully saturated rings. The zero-order chi connectivity index (χ0) is 10.7. The van der Waals surface area contributed by atoms with Gasteiger partial charge in [-0.3, -0.25) is 4.90 Å². The lowest BCUT2D eigenvalue weighted by Gasteiger charge is -2.38. The minimum atomic E-state index is 0.317. The molecule has 2 aliphatic heterocycles. The summed E-state index contributed by atoms with van der Waals surface area (Å²) in [5.74, 6) is 0.726. The molecule has 2 aliphatic rings. The minimum absolute atomic E-state index is 0.317. The van der Waals surface area contributed by atoms with Crippen LogP contribution in [0, 0.1) is 0 Å². The molecular weight excluding hydrogens is 190 g/mol. The summed E-state index contributed by atoms with van der Waals surface area (Å²) in [7, 11) is 3.73. The second-order valence-corrected chi connectivity index (χ2v) is 4.13. The third kappa shape index (κ3) is 2.31. The third-order valence-corrected chi connectivity index (χ3v) is 3.05. The van der Waals surface area contributed by atoms with E-state index in [0.717, 1.165) is 5.88 Å². The van der Waals surface area contributed by atoms with Crippen LogP contribution in [-0.4, -0.2) is 49.6 Å². The van der Waals surface area contributed by atoms with Crippen molar-refractivity contribution >= 4 is 6.34 Å². The molecule has 0 aromatic heterocycles. The van der Waals surface area contributed by atoms with Crippen LogP contribution < -0.4 is 0 Å². The summed E-state index contributed by atoms with van der Waals surface area (Å²) < 4.78 is 5.17. The first-order chi connectivity index (χ1) is 7.31. The fourth-order valence-corrected chi connectivity index (χ4v) is 2.17. The number of piperidine rings is 1. The van der Waals surface area contributed by atoms with Crippen LogP contribution in [0.15, 0.2) is 17.0 Å². The maximum absolute atomic E-state index is 5.17. The standard InChI is InChI=1S/C11H19N3O/c1-13-9-12-10(15-2)8-11(13)14-6-4-3-5-7-14/h8-9,11H,3-7H2,1-2H3. The Morgan fingerprint density at radius 2 is 2.07 bits per heavy atom. The van der Waals surface area contributed by atoms with Crippen LogP contribution in [0.25, 0.3) is 0 Å². The van der Waals surface area contributed by atoms with Gasteiger partial charge in [0.15, 0.2) is 0 Å². The lowest BCUT2D eigenvalue weighted by atomic mass is 10.1. The summed E-state index contributed by atoms with van der Waals surface area (Å²) in [4.78, 5) is 8.80. The van der Waals surface area contributed by atoms with Crippen molar-refractivity contribution in [1.29, 1.82) is 0 Å². The maximum atomic E-state index is 5.17. The van der Waals surface area contributed by atoms with Gasteiger partial charge in [-0.05, 0) is 12.8 Å². The molecular formula is C11H19N3O. The van der Waals surface area contributed by atoms with Crippen molar-refractivity contribution in [3.8, 4) is 0 Å². The van der Waals surface area contributed by atoms with E-state index in [9.17, 15) is 0 Å². The molecule has 1 saturated heterocycles. The number of hydrogen-bond acceptors (Lipinski definition) is 4. The van der Waals surface area contributed by atoms with Gasteiger partial charge in [-0.1, -0.05) is 6.42 Å². The smallest absolute Gasteiger partial charge is 0.213 e. The number of nitrogens with zero attached hydrogens (tertiary/aromatic N) is 3. The molecule has 0 aromatic rings. The molecule has 2 heterocycles. The molecule has 0 aromatic carbocycles. The summed E-state index contributed by atoms with van der Waals surface area (Å²) in [6, 6.07) is 0. The van der Waals surface area contributed by atoms with E-state index in [-0.39, 0.29) is 0 Å². The topological polar surface area (TPSA) is 28.1 Å². The van der Waals surface area contributed by atoms with Crippen LogP contribution in [0.5, 0.6) is 0 Å². The van der Waals surface area contributed by atoms with Crippen LogP contribution in [0.2, 0.25) is 0 Å². The van der Waals surface area contributed by atoms with Crippen LogP contribution in [0.1, 0.15) is 19.3 Å². The first kappa shape index (κ1) is 10.5. The lowest BCUT2D eigenvalue weighted by molar-refractivity contribution is 0.114. The second kappa shape index (κ2) is 4.66. The fraction of sp³-hybridized carbons (Fsp3) is 0.727. The average Bonchev–Trinajstić information content (AvgIpc) is 2.31. The summed E-state index contributed by atoms with van der Waals surface area (Å²) in [5, 5.41) is 0. The van der Waals surface area contributed by atoms with Gasteiger partial charge in [-0.25, -0.2) is 4.99 Å². The molecule has 84 valence electrons. The van der Waals surface area contributed by atoms with Crippen LogP contribution >= 0.6 is 0 Å². The highest BCUT2D eigenvalue weighted by molar-refractivity contribution is 5.58. The van der Waals surface area contributed by atoms with E-state index >= 15 is 0 Å². The van der Waals surface area contributed by atoms with E-state index in [4.69, 9.17) is 4.74 Å². The fourth-order valence-electron chi connectivity index (χ4n) is 2.17. The zero-order valence-electron chi connectivity index (χ0n) is 9.52. The molecule has 0 bridgehead atoms. The Kier molecular flexibility index (Phi) is 3.26. The summed E-state index contributed by atoms with van der Waals surface area (Å²) in [5.41, 5.74) is 0. The molecule has 2 rings (SSSR count). The first-order valence-corrected chi connectivity index (χ1v) is 5.57. The number of rotatable bonds is 2. The zero-order valence-corrected chi connectivity index (χ0v) is 9.52. The number of ether oxygens (including phenoxy) is 1. The van der Waals surface area contributed by atoms with Crippen LogP contribution in [0.3, 0.4) is 0 Å². The molecule has 0 saturated carbocycles. The molecule has 15 heavy (non-hydrogen) atoms. The Morgan fingerprint density at radius 1 is 1.33 bits per heavy atom. The highest BCUT2D eigenvalue weighted by Crippen LogP contribution is 2.18. The number of methoxy groups -OCH3 is 1. The molecule has 0 aliphatic carbocycles. The van der Waals surface area contributed by atoms with E-state index < -0.39 is 0 Å². The van der Waals surface area contributed by atoms with Gasteiger partial charge < -0.3 is 9.64 Å². The van der Waals surface area contributed by atoms with Gasteiger partial charge in [0.05, 0.1) is 13.4 Å². The number of likely N-dealkylation sites (tertiary alicyclic amines) is 1. The third-order valence-electron chi connectivity index (χ3n) is 3.05. The number of hydrogen-bond donors (Lipinski definition) is 0. The van der Waals surface area contributed by atoms with Crippen molar-refractivity contribution in [2.24, 2.45) is 4.99 Å². The van der Waals surface area contributed by atoms with Crippen molar-refractivity contribution in [3.63, 3.8) is 0 Å². The number of aliphatic imine (C=N–C) groups is 1. The van der Waals surface area contributed by atoms with Gasteiger partial charge in [0, 0.05) is 26.2 Å². The van der Waals surface area contributed by atoms with Gasteiger partial charge in [0.2, 0.25) is 5.88 Å². The van der Waals surface area contributed by atoms with Crippen molar-refractivity contribution < 1.29 is 4.74 Å². The van der Waals surface area contributed by atoms with Gasteiger partial charge in [-0.15, -0.1) is 0 Å². The Balaban J connectivity index is 2.05. The van der Waals surface area contributed by atoms with Gasteiger partial charge in [0.25, 0.3) is 0 Å². The monoisotopic (exact) mass is 209 g/mol. The molecule has 1 unspecified atom stereocenters. The minimum Gasteiger partial charge on any atom is -0.481 e. The van der Waals surface area contributed by atoms with Crippen molar-refractivity contribution in [2.45, 2.75) is 25.4 Å². The van der Waals surface area contributed by atoms with Crippen molar-refractivity contribution in [1.82, 2.24) is 9.80 Å². The molecule has 0 amide bonds. The van der Waals surface area contributed by atoms with Crippen LogP contribution in [-0.2, 0) is 4.74 Å². The first-order valence-electron chi connectivity index (χ1n) is 5.57. The molecule has 0 spiro atoms. The predicted molar refractivity (Wildman–Crippen MR) is 60.6 cm³/mol. The van der Waals surface area contributed by atoms with E-state index in [1.54, 1.807) is 7.11 Å². The lowest BCUT2D eigenvalue weighted by Crippen LogP contribution is -2.48. The summed E-state index contributed by atoms with van der Waals surface area (Å²) >= 11 is 0. The van der Waals surface area contributed by atoms with E-state index in [1.807, 2.05) is 6.34 Å². The molecule has 4 nitrogen and oxygen atoms in total. The maximum Gasteiger partial charge on any atom is 0.213 e. The molecule has 1 atom stereocenters. The Labute approximate surface area is 91.2 Å².